The summed E-state index contributed by atoms with van der Waals surface area (Å²) in [5.41, 5.74) is 1.02. The van der Waals surface area contributed by atoms with Crippen LogP contribution in [-0.2, 0) is 16.0 Å². The molecule has 0 unspecified atom stereocenters. The molecule has 7 heteroatoms. The third kappa shape index (κ3) is 5.92. The predicted molar refractivity (Wildman–Crippen MR) is 120 cm³/mol. The summed E-state index contributed by atoms with van der Waals surface area (Å²) < 4.78 is 5.61. The van der Waals surface area contributed by atoms with Gasteiger partial charge in [0.1, 0.15) is 11.6 Å². The molecular formula is C24H35N3O4. The van der Waals surface area contributed by atoms with Crippen LogP contribution >= 0.6 is 0 Å². The number of hydrogen-bond donors (Lipinski definition) is 2. The first-order chi connectivity index (χ1) is 14.7. The molecule has 7 nitrogen and oxygen atoms in total. The van der Waals surface area contributed by atoms with E-state index in [2.05, 4.69) is 4.90 Å². The van der Waals surface area contributed by atoms with Gasteiger partial charge < -0.3 is 15.3 Å². The number of aliphatic hydroxyl groups is 1. The third-order valence-corrected chi connectivity index (χ3v) is 6.02. The minimum atomic E-state index is -0.610. The van der Waals surface area contributed by atoms with Crippen LogP contribution in [0.5, 0.6) is 0 Å². The Morgan fingerprint density at radius 1 is 1.10 bits per heavy atom. The molecule has 2 atom stereocenters. The number of amides is 1. The highest BCUT2D eigenvalue weighted by atomic mass is 16.6. The van der Waals surface area contributed by atoms with E-state index in [-0.39, 0.29) is 30.6 Å². The lowest BCUT2D eigenvalue weighted by Gasteiger charge is -2.37. The molecule has 1 amide bonds. The minimum Gasteiger partial charge on any atom is -0.444 e. The second kappa shape index (κ2) is 9.92. The molecule has 3 rings (SSSR count). The van der Waals surface area contributed by atoms with E-state index in [0.717, 1.165) is 37.9 Å². The van der Waals surface area contributed by atoms with Gasteiger partial charge in [-0.25, -0.2) is 4.79 Å². The largest absolute Gasteiger partial charge is 0.444 e. The van der Waals surface area contributed by atoms with Gasteiger partial charge in [-0.1, -0.05) is 30.7 Å². The summed E-state index contributed by atoms with van der Waals surface area (Å²) in [6.45, 7) is 7.66. The Bertz CT molecular complexity index is 794. The number of carbonyl (C=O) groups excluding carboxylic acids is 2. The fourth-order valence-corrected chi connectivity index (χ4v) is 4.54. The Morgan fingerprint density at radius 3 is 2.32 bits per heavy atom. The summed E-state index contributed by atoms with van der Waals surface area (Å²) in [5, 5.41) is 16.9. The van der Waals surface area contributed by atoms with Crippen molar-refractivity contribution >= 4 is 17.6 Å². The van der Waals surface area contributed by atoms with Crippen LogP contribution in [0.4, 0.5) is 4.79 Å². The molecule has 0 aromatic heterocycles. The summed E-state index contributed by atoms with van der Waals surface area (Å²) in [7, 11) is 0. The molecule has 2 aliphatic heterocycles. The first kappa shape index (κ1) is 23.4. The molecule has 0 spiro atoms. The molecule has 0 radical (unpaired) electrons. The molecule has 2 N–H and O–H groups in total. The van der Waals surface area contributed by atoms with Gasteiger partial charge in [-0.15, -0.1) is 0 Å². The lowest BCUT2D eigenvalue weighted by atomic mass is 9.95. The second-order valence-corrected chi connectivity index (χ2v) is 9.55. The highest BCUT2D eigenvalue weighted by Crippen LogP contribution is 2.29. The van der Waals surface area contributed by atoms with Gasteiger partial charge in [0.05, 0.1) is 12.3 Å². The Kier molecular flexibility index (Phi) is 7.49. The predicted octanol–water partition coefficient (Wildman–Crippen LogP) is 3.02. The van der Waals surface area contributed by atoms with E-state index in [1.54, 1.807) is 17.0 Å². The van der Waals surface area contributed by atoms with Crippen LogP contribution in [-0.4, -0.2) is 76.4 Å². The van der Waals surface area contributed by atoms with Crippen molar-refractivity contribution in [3.8, 4) is 0 Å². The van der Waals surface area contributed by atoms with E-state index < -0.39 is 17.7 Å². The van der Waals surface area contributed by atoms with E-state index in [1.165, 1.54) is 6.42 Å². The van der Waals surface area contributed by atoms with Crippen molar-refractivity contribution in [3.05, 3.63) is 35.4 Å². The number of rotatable bonds is 6. The zero-order chi connectivity index (χ0) is 22.6. The highest BCUT2D eigenvalue weighted by Gasteiger charge is 2.45. The van der Waals surface area contributed by atoms with Gasteiger partial charge in [0, 0.05) is 19.0 Å². The van der Waals surface area contributed by atoms with Crippen molar-refractivity contribution < 1.29 is 19.4 Å². The van der Waals surface area contributed by atoms with Crippen LogP contribution < -0.4 is 0 Å². The number of hydrogen-bond acceptors (Lipinski definition) is 6. The van der Waals surface area contributed by atoms with Crippen molar-refractivity contribution in [1.29, 1.82) is 5.41 Å². The molecular weight excluding hydrogens is 394 g/mol. The third-order valence-electron chi connectivity index (χ3n) is 6.02. The first-order valence-corrected chi connectivity index (χ1v) is 11.2. The number of ether oxygens (including phenoxy) is 1. The Balaban J connectivity index is 1.78. The van der Waals surface area contributed by atoms with Crippen LogP contribution in [0.15, 0.2) is 24.3 Å². The number of nitrogens with zero attached hydrogens (tertiary/aromatic N) is 2. The van der Waals surface area contributed by atoms with E-state index in [4.69, 9.17) is 15.3 Å². The number of carbonyl (C=O) groups is 2. The summed E-state index contributed by atoms with van der Waals surface area (Å²) in [6.07, 6.45) is 4.05. The highest BCUT2D eigenvalue weighted by molar-refractivity contribution is 5.99. The number of aliphatic hydroxyl groups excluding tert-OH is 1. The molecule has 1 aromatic carbocycles. The van der Waals surface area contributed by atoms with Gasteiger partial charge in [-0.2, -0.15) is 0 Å². The fourth-order valence-electron chi connectivity index (χ4n) is 4.54. The fraction of sp³-hybridized carbons (Fsp3) is 0.625. The Labute approximate surface area is 184 Å². The van der Waals surface area contributed by atoms with Crippen molar-refractivity contribution in [2.75, 3.05) is 26.2 Å². The summed E-state index contributed by atoms with van der Waals surface area (Å²) in [4.78, 5) is 30.4. The van der Waals surface area contributed by atoms with Crippen LogP contribution in [0.25, 0.3) is 0 Å². The topological polar surface area (TPSA) is 93.9 Å². The van der Waals surface area contributed by atoms with Crippen LogP contribution in [0.1, 0.15) is 57.6 Å². The van der Waals surface area contributed by atoms with Crippen LogP contribution in [0.3, 0.4) is 0 Å². The van der Waals surface area contributed by atoms with Crippen molar-refractivity contribution in [2.45, 2.75) is 70.6 Å². The molecule has 2 fully saturated rings. The Morgan fingerprint density at radius 2 is 1.74 bits per heavy atom. The van der Waals surface area contributed by atoms with Gasteiger partial charge in [0.15, 0.2) is 5.78 Å². The molecule has 0 saturated carbocycles. The molecule has 0 bridgehead atoms. The minimum absolute atomic E-state index is 0.0175. The smallest absolute Gasteiger partial charge is 0.410 e. The van der Waals surface area contributed by atoms with Gasteiger partial charge in [-0.3, -0.25) is 14.6 Å². The zero-order valence-electron chi connectivity index (χ0n) is 18.9. The van der Waals surface area contributed by atoms with Crippen molar-refractivity contribution in [3.63, 3.8) is 0 Å². The molecule has 2 saturated heterocycles. The van der Waals surface area contributed by atoms with Gasteiger partial charge in [0.2, 0.25) is 0 Å². The number of benzene rings is 1. The molecule has 2 aliphatic rings. The van der Waals surface area contributed by atoms with Gasteiger partial charge >= 0.3 is 6.09 Å². The van der Waals surface area contributed by atoms with E-state index >= 15 is 0 Å². The van der Waals surface area contributed by atoms with E-state index in [9.17, 15) is 9.59 Å². The quantitative estimate of drug-likeness (QED) is 0.678. The SMILES string of the molecule is CC(C)(C)OC(=O)N1CC[C@@H](N2CCCCC2)[C@H]1C(=O)Cc1ccc(C(=N)CO)cc1. The maximum Gasteiger partial charge on any atom is 0.410 e. The van der Waals surface area contributed by atoms with E-state index in [1.807, 2.05) is 32.9 Å². The van der Waals surface area contributed by atoms with Crippen molar-refractivity contribution in [1.82, 2.24) is 9.80 Å². The lowest BCUT2D eigenvalue weighted by Crippen LogP contribution is -2.53. The monoisotopic (exact) mass is 429 g/mol. The maximum atomic E-state index is 13.5. The normalized spacial score (nSPS) is 22.4. The molecule has 0 aliphatic carbocycles. The molecule has 1 aromatic rings. The second-order valence-electron chi connectivity index (χ2n) is 9.55. The first-order valence-electron chi connectivity index (χ1n) is 11.2. The summed E-state index contributed by atoms with van der Waals surface area (Å²) in [5.74, 6) is 0.0175. The summed E-state index contributed by atoms with van der Waals surface area (Å²) >= 11 is 0. The standard InChI is InChI=1S/C24H35N3O4/c1-24(2,3)31-23(30)27-14-11-20(26-12-5-4-6-13-26)22(27)21(29)15-17-7-9-18(10-8-17)19(25)16-28/h7-10,20,22,25,28H,4-6,11-16H2,1-3H3/t20-,22+/m1/s1. The van der Waals surface area contributed by atoms with Crippen molar-refractivity contribution in [2.24, 2.45) is 0 Å². The average molecular weight is 430 g/mol. The Hall–Kier alpha value is -2.25. The number of piperidine rings is 1. The molecule has 31 heavy (non-hydrogen) atoms. The van der Waals surface area contributed by atoms with E-state index in [0.29, 0.717) is 12.1 Å². The molecule has 2 heterocycles. The average Bonchev–Trinajstić information content (AvgIpc) is 3.19. The zero-order valence-corrected chi connectivity index (χ0v) is 18.9. The number of likely N-dealkylation sites (tertiary alicyclic amines) is 2. The summed E-state index contributed by atoms with van der Waals surface area (Å²) in [6, 6.07) is 6.67. The number of ketones is 1. The van der Waals surface area contributed by atoms with Gasteiger partial charge in [-0.05, 0) is 64.3 Å². The maximum absolute atomic E-state index is 13.5. The molecule has 170 valence electrons. The van der Waals surface area contributed by atoms with Crippen LogP contribution in [0, 0.1) is 5.41 Å². The van der Waals surface area contributed by atoms with Gasteiger partial charge in [0.25, 0.3) is 0 Å². The van der Waals surface area contributed by atoms with Crippen LogP contribution in [0.2, 0.25) is 0 Å². The number of nitrogens with one attached hydrogen (secondary N) is 1. The lowest BCUT2D eigenvalue weighted by molar-refractivity contribution is -0.124. The number of Topliss-reactive ketones (excluding diaryl/α,β-unsaturated/α-hetero) is 1.